The van der Waals surface area contributed by atoms with Crippen LogP contribution in [-0.4, -0.2) is 74.3 Å². The van der Waals surface area contributed by atoms with Crippen molar-refractivity contribution < 1.29 is 37.3 Å². The van der Waals surface area contributed by atoms with E-state index in [4.69, 9.17) is 13.8 Å². The summed E-state index contributed by atoms with van der Waals surface area (Å²) in [5, 5.41) is 2.99. The molecule has 0 saturated heterocycles. The Kier molecular flexibility index (Phi) is 47.4. The van der Waals surface area contributed by atoms with Crippen molar-refractivity contribution in [3.63, 3.8) is 0 Å². The Balaban J connectivity index is 5.55. The molecular weight excluding hydrogens is 904 g/mol. The lowest BCUT2D eigenvalue weighted by Crippen LogP contribution is -2.47. The number of hydrogen-bond donors (Lipinski definition) is 2. The number of quaternary nitrogens is 1. The second kappa shape index (κ2) is 50.0. The number of carbonyl (C=O) groups is 2. The first-order valence-electron chi connectivity index (χ1n) is 27.9. The van der Waals surface area contributed by atoms with Crippen LogP contribution in [0, 0.1) is 0 Å². The standard InChI is InChI=1S/C61H103N2O7P/c1-7-10-13-16-19-22-25-27-29-31-33-35-38-41-44-47-50-53-60(64)62-58(57-69-71(66,67)68-56-55-63(4,5)6)59(52-49-46-43-40-37-24-21-18-15-12-9-3)70-61(65)54-51-48-45-42-39-36-34-32-30-28-26-23-20-17-14-11-8-2/h11,14,19-20,22-23,27-30,33-36,41-42,44-45,49,52,58-59H,7-10,12-13,15-18,21,24-26,31-32,37-40,43,46-48,50-51,53-57H2,1-6H3,(H-,62,64,66,67)/p+1/b14-11-,22-19-,23-20-,29-27-,30-28-,35-33-,36-34-,44-41-,45-42-,52-49+. The van der Waals surface area contributed by atoms with Crippen LogP contribution in [0.3, 0.4) is 0 Å². The van der Waals surface area contributed by atoms with E-state index >= 15 is 0 Å². The molecule has 0 aliphatic heterocycles. The summed E-state index contributed by atoms with van der Waals surface area (Å²) in [6, 6.07) is -0.907. The monoisotopic (exact) mass is 1010 g/mol. The molecule has 3 atom stereocenters. The summed E-state index contributed by atoms with van der Waals surface area (Å²) in [7, 11) is 1.41. The van der Waals surface area contributed by atoms with E-state index in [-0.39, 0.29) is 32.0 Å². The lowest BCUT2D eigenvalue weighted by atomic mass is 10.1. The molecule has 0 fully saturated rings. The molecule has 0 aliphatic rings. The van der Waals surface area contributed by atoms with Crippen molar-refractivity contribution in [2.24, 2.45) is 0 Å². The first-order valence-corrected chi connectivity index (χ1v) is 29.4. The molecule has 404 valence electrons. The predicted octanol–water partition coefficient (Wildman–Crippen LogP) is 16.8. The summed E-state index contributed by atoms with van der Waals surface area (Å²) < 4.78 is 30.5. The number of allylic oxidation sites excluding steroid dienone is 19. The van der Waals surface area contributed by atoms with Crippen LogP contribution in [0.2, 0.25) is 0 Å². The van der Waals surface area contributed by atoms with Crippen molar-refractivity contribution in [3.05, 3.63) is 122 Å². The van der Waals surface area contributed by atoms with Gasteiger partial charge in [-0.25, -0.2) is 4.57 Å². The average molecular weight is 1010 g/mol. The average Bonchev–Trinajstić information content (AvgIpc) is 3.33. The third-order valence-electron chi connectivity index (χ3n) is 11.4. The van der Waals surface area contributed by atoms with Crippen LogP contribution in [0.1, 0.15) is 201 Å². The third kappa shape index (κ3) is 51.1. The number of ether oxygens (including phenoxy) is 1. The van der Waals surface area contributed by atoms with E-state index in [1.807, 2.05) is 27.2 Å². The zero-order valence-electron chi connectivity index (χ0n) is 45.9. The van der Waals surface area contributed by atoms with Crippen molar-refractivity contribution in [2.75, 3.05) is 40.9 Å². The smallest absolute Gasteiger partial charge is 0.456 e. The molecule has 3 unspecified atom stereocenters. The van der Waals surface area contributed by atoms with Crippen LogP contribution in [0.4, 0.5) is 0 Å². The van der Waals surface area contributed by atoms with E-state index in [9.17, 15) is 19.0 Å². The van der Waals surface area contributed by atoms with Crippen molar-refractivity contribution >= 4 is 19.7 Å². The normalized spacial score (nSPS) is 14.7. The van der Waals surface area contributed by atoms with E-state index in [1.54, 1.807) is 6.08 Å². The van der Waals surface area contributed by atoms with E-state index < -0.39 is 25.9 Å². The zero-order chi connectivity index (χ0) is 52.2. The Morgan fingerprint density at radius 2 is 0.901 bits per heavy atom. The SMILES string of the molecule is CC/C=C\C/C=C\C/C=C\C/C=C\C/C=C\CCCC(=O)OC(/C=C/CCCCCCCCCCC)C(COP(=O)(O)OCC[N+](C)(C)C)NC(=O)CCC/C=C\C/C=C\C/C=C\C/C=C\CCCCC. The summed E-state index contributed by atoms with van der Waals surface area (Å²) in [6.45, 7) is 6.75. The van der Waals surface area contributed by atoms with Gasteiger partial charge in [0, 0.05) is 12.8 Å². The van der Waals surface area contributed by atoms with Gasteiger partial charge in [-0.2, -0.15) is 0 Å². The molecular formula is C61H104N2O7P+. The minimum Gasteiger partial charge on any atom is -0.456 e. The maximum absolute atomic E-state index is 13.5. The topological polar surface area (TPSA) is 111 Å². The first-order chi connectivity index (χ1) is 34.4. The fourth-order valence-electron chi connectivity index (χ4n) is 7.08. The number of likely N-dealkylation sites (N-methyl/N-ethyl adjacent to an activating group) is 1. The molecule has 71 heavy (non-hydrogen) atoms. The zero-order valence-corrected chi connectivity index (χ0v) is 46.8. The quantitative estimate of drug-likeness (QED) is 0.0205. The van der Waals surface area contributed by atoms with Gasteiger partial charge in [0.05, 0.1) is 33.8 Å². The number of hydrogen-bond acceptors (Lipinski definition) is 6. The molecule has 0 rings (SSSR count). The number of nitrogens with zero attached hydrogens (tertiary/aromatic N) is 1. The second-order valence-electron chi connectivity index (χ2n) is 19.4. The summed E-state index contributed by atoms with van der Waals surface area (Å²) >= 11 is 0. The van der Waals surface area contributed by atoms with Crippen LogP contribution < -0.4 is 5.32 Å². The van der Waals surface area contributed by atoms with E-state index in [2.05, 4.69) is 135 Å². The van der Waals surface area contributed by atoms with Crippen LogP contribution in [-0.2, 0) is 27.9 Å². The lowest BCUT2D eigenvalue weighted by molar-refractivity contribution is -0.870. The highest BCUT2D eigenvalue weighted by Crippen LogP contribution is 2.43. The number of nitrogens with one attached hydrogen (secondary N) is 1. The molecule has 0 spiro atoms. The molecule has 1 amide bonds. The molecule has 10 heteroatoms. The van der Waals surface area contributed by atoms with Gasteiger partial charge >= 0.3 is 13.8 Å². The summed E-state index contributed by atoms with van der Waals surface area (Å²) in [5.41, 5.74) is 0. The number of amides is 1. The maximum atomic E-state index is 13.5. The van der Waals surface area contributed by atoms with Gasteiger partial charge in [0.15, 0.2) is 0 Å². The molecule has 0 aliphatic carbocycles. The number of esters is 1. The molecule has 0 bridgehead atoms. The highest BCUT2D eigenvalue weighted by Gasteiger charge is 2.30. The fraction of sp³-hybridized carbons (Fsp3) is 0.639. The summed E-state index contributed by atoms with van der Waals surface area (Å²) in [6.07, 6.45) is 69.3. The van der Waals surface area contributed by atoms with E-state index in [0.717, 1.165) is 83.5 Å². The van der Waals surface area contributed by atoms with Gasteiger partial charge in [-0.05, 0) is 109 Å². The maximum Gasteiger partial charge on any atom is 0.472 e. The highest BCUT2D eigenvalue weighted by atomic mass is 31.2. The minimum atomic E-state index is -4.48. The van der Waals surface area contributed by atoms with Gasteiger partial charge in [-0.1, -0.05) is 200 Å². The van der Waals surface area contributed by atoms with Gasteiger partial charge in [-0.15, -0.1) is 0 Å². The Bertz CT molecular complexity index is 1630. The molecule has 0 saturated carbocycles. The van der Waals surface area contributed by atoms with Gasteiger partial charge in [0.25, 0.3) is 0 Å². The summed E-state index contributed by atoms with van der Waals surface area (Å²) in [4.78, 5) is 37.5. The Morgan fingerprint density at radius 3 is 1.38 bits per heavy atom. The van der Waals surface area contributed by atoms with Gasteiger partial charge < -0.3 is 19.4 Å². The molecule has 2 N–H and O–H groups in total. The third-order valence-corrected chi connectivity index (χ3v) is 12.4. The number of phosphoric acid groups is 1. The van der Waals surface area contributed by atoms with Crippen molar-refractivity contribution in [1.29, 1.82) is 0 Å². The Hall–Kier alpha value is -3.59. The Morgan fingerprint density at radius 1 is 0.507 bits per heavy atom. The molecule has 0 aromatic rings. The highest BCUT2D eigenvalue weighted by molar-refractivity contribution is 7.47. The molecule has 0 aromatic carbocycles. The molecule has 0 aromatic heterocycles. The van der Waals surface area contributed by atoms with Gasteiger partial charge in [0.1, 0.15) is 19.3 Å². The van der Waals surface area contributed by atoms with Crippen LogP contribution >= 0.6 is 7.82 Å². The number of carbonyl (C=O) groups excluding carboxylic acids is 2. The van der Waals surface area contributed by atoms with E-state index in [1.165, 1.54) is 70.6 Å². The lowest BCUT2D eigenvalue weighted by Gasteiger charge is -2.27. The number of rotatable bonds is 48. The summed E-state index contributed by atoms with van der Waals surface area (Å²) in [5.74, 6) is -0.652. The second-order valence-corrected chi connectivity index (χ2v) is 20.8. The number of unbranched alkanes of at least 4 members (excludes halogenated alkanes) is 14. The largest absolute Gasteiger partial charge is 0.472 e. The van der Waals surface area contributed by atoms with Gasteiger partial charge in [0.2, 0.25) is 5.91 Å². The molecule has 0 heterocycles. The minimum absolute atomic E-state index is 0.0146. The first kappa shape index (κ1) is 67.4. The van der Waals surface area contributed by atoms with E-state index in [0.29, 0.717) is 23.9 Å². The van der Waals surface area contributed by atoms with Crippen molar-refractivity contribution in [3.8, 4) is 0 Å². The van der Waals surface area contributed by atoms with Crippen LogP contribution in [0.25, 0.3) is 0 Å². The van der Waals surface area contributed by atoms with Crippen LogP contribution in [0.15, 0.2) is 122 Å². The molecule has 9 nitrogen and oxygen atoms in total. The van der Waals surface area contributed by atoms with Crippen molar-refractivity contribution in [1.82, 2.24) is 5.32 Å². The number of phosphoric ester groups is 1. The predicted molar refractivity (Wildman–Crippen MR) is 304 cm³/mol. The van der Waals surface area contributed by atoms with Gasteiger partial charge in [-0.3, -0.25) is 18.6 Å². The van der Waals surface area contributed by atoms with Crippen molar-refractivity contribution in [2.45, 2.75) is 213 Å². The van der Waals surface area contributed by atoms with Crippen LogP contribution in [0.5, 0.6) is 0 Å². The Labute approximate surface area is 435 Å². The molecule has 0 radical (unpaired) electrons. The fourth-order valence-corrected chi connectivity index (χ4v) is 7.82.